The molecule has 1 amide bonds. The van der Waals surface area contributed by atoms with Gasteiger partial charge in [0.15, 0.2) is 11.5 Å². The molecule has 2 aromatic rings. The van der Waals surface area contributed by atoms with Crippen LogP contribution in [0.25, 0.3) is 0 Å². The number of carbonyl (C=O) groups excluding carboxylic acids is 1. The highest BCUT2D eigenvalue weighted by molar-refractivity contribution is 5.94. The Labute approximate surface area is 173 Å². The van der Waals surface area contributed by atoms with Crippen LogP contribution in [0.15, 0.2) is 42.5 Å². The molecule has 0 saturated heterocycles. The van der Waals surface area contributed by atoms with Gasteiger partial charge in [0.05, 0.1) is 13.7 Å². The smallest absolute Gasteiger partial charge is 0.251 e. The number of benzene rings is 2. The first-order valence-corrected chi connectivity index (χ1v) is 9.99. The number of rotatable bonds is 12. The summed E-state index contributed by atoms with van der Waals surface area (Å²) >= 11 is 0. The molecule has 158 valence electrons. The third-order valence-electron chi connectivity index (χ3n) is 4.77. The van der Waals surface area contributed by atoms with Gasteiger partial charge in [0.25, 0.3) is 5.91 Å². The van der Waals surface area contributed by atoms with Crippen molar-refractivity contribution in [3.05, 3.63) is 59.2 Å². The lowest BCUT2D eigenvalue weighted by atomic mass is 10.1. The van der Waals surface area contributed by atoms with Crippen molar-refractivity contribution in [3.8, 4) is 11.5 Å². The molecule has 0 aliphatic rings. The number of likely N-dealkylation sites (N-methyl/N-ethyl adjacent to an activating group) is 1. The predicted octanol–water partition coefficient (Wildman–Crippen LogP) is 3.49. The van der Waals surface area contributed by atoms with Gasteiger partial charge in [-0.3, -0.25) is 4.79 Å². The van der Waals surface area contributed by atoms with E-state index in [1.54, 1.807) is 26.4 Å². The molecule has 0 aromatic heterocycles. The molecule has 6 heteroatoms. The number of nitrogens with one attached hydrogen (secondary N) is 1. The maximum atomic E-state index is 12.4. The zero-order valence-corrected chi connectivity index (χ0v) is 17.9. The van der Waals surface area contributed by atoms with Crippen LogP contribution < -0.4 is 14.8 Å². The Bertz CT molecular complexity index is 758. The van der Waals surface area contributed by atoms with E-state index in [9.17, 15) is 4.79 Å². The number of methoxy groups -OCH3 is 2. The van der Waals surface area contributed by atoms with Gasteiger partial charge in [-0.1, -0.05) is 32.0 Å². The van der Waals surface area contributed by atoms with Crippen molar-refractivity contribution >= 4 is 5.91 Å². The first kappa shape index (κ1) is 22.7. The zero-order valence-electron chi connectivity index (χ0n) is 17.9. The molecule has 2 aromatic carbocycles. The molecule has 0 unspecified atom stereocenters. The highest BCUT2D eigenvalue weighted by Gasteiger charge is 2.09. The lowest BCUT2D eigenvalue weighted by molar-refractivity contribution is 0.0950. The van der Waals surface area contributed by atoms with Gasteiger partial charge in [0, 0.05) is 25.8 Å². The largest absolute Gasteiger partial charge is 0.493 e. The third-order valence-corrected chi connectivity index (χ3v) is 4.77. The normalized spacial score (nSPS) is 10.8. The van der Waals surface area contributed by atoms with Crippen LogP contribution in [0.3, 0.4) is 0 Å². The van der Waals surface area contributed by atoms with Gasteiger partial charge in [0.2, 0.25) is 0 Å². The van der Waals surface area contributed by atoms with E-state index in [4.69, 9.17) is 14.2 Å². The van der Waals surface area contributed by atoms with Crippen molar-refractivity contribution in [2.45, 2.75) is 27.0 Å². The van der Waals surface area contributed by atoms with Gasteiger partial charge < -0.3 is 24.4 Å². The van der Waals surface area contributed by atoms with E-state index < -0.39 is 0 Å². The Kier molecular flexibility index (Phi) is 9.47. The summed E-state index contributed by atoms with van der Waals surface area (Å²) in [6.07, 6.45) is 0. The van der Waals surface area contributed by atoms with Crippen molar-refractivity contribution in [3.63, 3.8) is 0 Å². The molecule has 6 nitrogen and oxygen atoms in total. The summed E-state index contributed by atoms with van der Waals surface area (Å²) in [5, 5.41) is 2.94. The monoisotopic (exact) mass is 400 g/mol. The molecule has 0 aliphatic heterocycles. The fourth-order valence-corrected chi connectivity index (χ4v) is 2.97. The molecular formula is C23H32N2O4. The van der Waals surface area contributed by atoms with Crippen molar-refractivity contribution in [2.75, 3.05) is 40.5 Å². The minimum absolute atomic E-state index is 0.118. The van der Waals surface area contributed by atoms with E-state index >= 15 is 0 Å². The highest BCUT2D eigenvalue weighted by atomic mass is 16.5. The Morgan fingerprint density at radius 3 is 2.28 bits per heavy atom. The minimum Gasteiger partial charge on any atom is -0.493 e. The summed E-state index contributed by atoms with van der Waals surface area (Å²) in [7, 11) is 3.27. The SMILES string of the molecule is CCN(CC)CCOc1ccc(CNC(=O)c2ccc(COC)cc2)cc1OC. The van der Waals surface area contributed by atoms with E-state index in [0.29, 0.717) is 36.8 Å². The van der Waals surface area contributed by atoms with Crippen LogP contribution in [-0.4, -0.2) is 51.3 Å². The van der Waals surface area contributed by atoms with Crippen LogP contribution in [0, 0.1) is 0 Å². The molecule has 0 spiro atoms. The number of hydrogen-bond donors (Lipinski definition) is 1. The summed E-state index contributed by atoms with van der Waals surface area (Å²) in [5.74, 6) is 1.26. The quantitative estimate of drug-likeness (QED) is 0.591. The van der Waals surface area contributed by atoms with Gasteiger partial charge >= 0.3 is 0 Å². The molecular weight excluding hydrogens is 368 g/mol. The summed E-state index contributed by atoms with van der Waals surface area (Å²) in [5.41, 5.74) is 2.60. The van der Waals surface area contributed by atoms with Crippen LogP contribution in [0.2, 0.25) is 0 Å². The Morgan fingerprint density at radius 1 is 0.966 bits per heavy atom. The Balaban J connectivity index is 1.91. The second kappa shape index (κ2) is 12.1. The summed E-state index contributed by atoms with van der Waals surface area (Å²) in [4.78, 5) is 14.7. The molecule has 0 fully saturated rings. The maximum absolute atomic E-state index is 12.4. The molecule has 2 rings (SSSR count). The average molecular weight is 401 g/mol. The van der Waals surface area contributed by atoms with Crippen molar-refractivity contribution in [2.24, 2.45) is 0 Å². The van der Waals surface area contributed by atoms with Crippen LogP contribution in [0.1, 0.15) is 35.3 Å². The first-order valence-electron chi connectivity index (χ1n) is 9.99. The zero-order chi connectivity index (χ0) is 21.1. The van der Waals surface area contributed by atoms with Gasteiger partial charge in [-0.05, 0) is 48.5 Å². The summed E-state index contributed by atoms with van der Waals surface area (Å²) in [6.45, 7) is 8.71. The Morgan fingerprint density at radius 2 is 1.66 bits per heavy atom. The second-order valence-corrected chi connectivity index (χ2v) is 6.67. The molecule has 0 radical (unpaired) electrons. The average Bonchev–Trinajstić information content (AvgIpc) is 2.76. The van der Waals surface area contributed by atoms with E-state index in [0.717, 1.165) is 30.8 Å². The number of amides is 1. The van der Waals surface area contributed by atoms with E-state index in [2.05, 4.69) is 24.1 Å². The fourth-order valence-electron chi connectivity index (χ4n) is 2.97. The summed E-state index contributed by atoms with van der Waals surface area (Å²) < 4.78 is 16.4. The number of ether oxygens (including phenoxy) is 3. The van der Waals surface area contributed by atoms with Crippen LogP contribution in [-0.2, 0) is 17.9 Å². The minimum atomic E-state index is -0.118. The van der Waals surface area contributed by atoms with E-state index in [1.807, 2.05) is 30.3 Å². The first-order chi connectivity index (χ1) is 14.1. The second-order valence-electron chi connectivity index (χ2n) is 6.67. The summed E-state index contributed by atoms with van der Waals surface area (Å²) in [6, 6.07) is 13.1. The molecule has 0 saturated carbocycles. The molecule has 0 aliphatic carbocycles. The number of hydrogen-bond acceptors (Lipinski definition) is 5. The fraction of sp³-hybridized carbons (Fsp3) is 0.435. The van der Waals surface area contributed by atoms with Crippen LogP contribution >= 0.6 is 0 Å². The van der Waals surface area contributed by atoms with Crippen LogP contribution in [0.5, 0.6) is 11.5 Å². The highest BCUT2D eigenvalue weighted by Crippen LogP contribution is 2.28. The number of carbonyl (C=O) groups is 1. The standard InChI is InChI=1S/C23H32N2O4/c1-5-25(6-2)13-14-29-21-12-9-19(15-22(21)28-4)16-24-23(26)20-10-7-18(8-11-20)17-27-3/h7-12,15H,5-6,13-14,16-17H2,1-4H3,(H,24,26). The molecule has 1 N–H and O–H groups in total. The lowest BCUT2D eigenvalue weighted by Gasteiger charge is -2.19. The Hall–Kier alpha value is -2.57. The molecule has 0 heterocycles. The van der Waals surface area contributed by atoms with Crippen molar-refractivity contribution in [1.82, 2.24) is 10.2 Å². The molecule has 0 atom stereocenters. The van der Waals surface area contributed by atoms with E-state index in [-0.39, 0.29) is 5.91 Å². The van der Waals surface area contributed by atoms with E-state index in [1.165, 1.54) is 0 Å². The number of nitrogens with zero attached hydrogens (tertiary/aromatic N) is 1. The third kappa shape index (κ3) is 7.07. The molecule has 29 heavy (non-hydrogen) atoms. The van der Waals surface area contributed by atoms with Crippen molar-refractivity contribution < 1.29 is 19.0 Å². The van der Waals surface area contributed by atoms with Gasteiger partial charge in [-0.2, -0.15) is 0 Å². The maximum Gasteiger partial charge on any atom is 0.251 e. The van der Waals surface area contributed by atoms with Gasteiger partial charge in [0.1, 0.15) is 6.61 Å². The lowest BCUT2D eigenvalue weighted by Crippen LogP contribution is -2.28. The van der Waals surface area contributed by atoms with Gasteiger partial charge in [-0.15, -0.1) is 0 Å². The van der Waals surface area contributed by atoms with Crippen LogP contribution in [0.4, 0.5) is 0 Å². The topological polar surface area (TPSA) is 60.0 Å². The van der Waals surface area contributed by atoms with Crippen molar-refractivity contribution in [1.29, 1.82) is 0 Å². The van der Waals surface area contributed by atoms with Gasteiger partial charge in [-0.25, -0.2) is 0 Å². The molecule has 0 bridgehead atoms. The predicted molar refractivity (Wildman–Crippen MR) is 115 cm³/mol.